The molecule has 0 fully saturated rings. The fourth-order valence-corrected chi connectivity index (χ4v) is 1.56. The Hall–Kier alpha value is -1.97. The van der Waals surface area contributed by atoms with Crippen LogP contribution in [0.1, 0.15) is 37.0 Å². The second-order valence-electron chi connectivity index (χ2n) is 4.24. The number of hydrogen-bond acceptors (Lipinski definition) is 3. The predicted molar refractivity (Wildman–Crippen MR) is 68.3 cm³/mol. The molecule has 1 amide bonds. The maximum Gasteiger partial charge on any atom is 0.251 e. The number of benzene rings is 1. The summed E-state index contributed by atoms with van der Waals surface area (Å²) in [5.74, 6) is -0.421. The summed E-state index contributed by atoms with van der Waals surface area (Å²) in [4.78, 5) is 34.2. The first-order chi connectivity index (χ1) is 8.50. The number of Topliss-reactive ketones (excluding diaryl/α,β-unsaturated/α-hetero) is 2. The molecular weight excluding hydrogens is 230 g/mol. The van der Waals surface area contributed by atoms with Gasteiger partial charge >= 0.3 is 0 Å². The van der Waals surface area contributed by atoms with Crippen molar-refractivity contribution in [3.05, 3.63) is 35.9 Å². The molecule has 0 bridgehead atoms. The van der Waals surface area contributed by atoms with Crippen LogP contribution in [0.25, 0.3) is 0 Å². The summed E-state index contributed by atoms with van der Waals surface area (Å²) in [5.41, 5.74) is 0.506. The second-order valence-corrected chi connectivity index (χ2v) is 4.24. The van der Waals surface area contributed by atoms with Crippen molar-refractivity contribution in [1.29, 1.82) is 0 Å². The average Bonchev–Trinajstić information content (AvgIpc) is 2.34. The Labute approximate surface area is 106 Å². The minimum Gasteiger partial charge on any atom is -0.342 e. The van der Waals surface area contributed by atoms with E-state index in [4.69, 9.17) is 0 Å². The van der Waals surface area contributed by atoms with Gasteiger partial charge in [0.15, 0.2) is 5.78 Å². The molecule has 1 atom stereocenters. The monoisotopic (exact) mass is 247 g/mol. The minimum atomic E-state index is -0.596. The van der Waals surface area contributed by atoms with E-state index in [1.54, 1.807) is 24.3 Å². The van der Waals surface area contributed by atoms with Crippen molar-refractivity contribution >= 4 is 17.5 Å². The molecule has 0 aliphatic carbocycles. The average molecular weight is 247 g/mol. The van der Waals surface area contributed by atoms with Gasteiger partial charge in [-0.15, -0.1) is 0 Å². The third kappa shape index (κ3) is 4.49. The van der Waals surface area contributed by atoms with Gasteiger partial charge in [0.1, 0.15) is 5.78 Å². The van der Waals surface area contributed by atoms with Crippen LogP contribution in [-0.4, -0.2) is 23.5 Å². The van der Waals surface area contributed by atoms with Crippen molar-refractivity contribution in [3.8, 4) is 0 Å². The summed E-state index contributed by atoms with van der Waals surface area (Å²) in [7, 11) is 0. The number of carbonyl (C=O) groups excluding carboxylic acids is 3. The number of carbonyl (C=O) groups is 3. The van der Waals surface area contributed by atoms with E-state index in [2.05, 4.69) is 5.32 Å². The quantitative estimate of drug-likeness (QED) is 0.832. The zero-order valence-corrected chi connectivity index (χ0v) is 10.6. The molecule has 1 aromatic rings. The SMILES string of the molecule is CC(=O)CC[C@H](NC(=O)c1ccccc1)C(C)=O. The Morgan fingerprint density at radius 1 is 1.11 bits per heavy atom. The Kier molecular flexibility index (Phi) is 5.24. The van der Waals surface area contributed by atoms with E-state index in [-0.39, 0.29) is 17.5 Å². The smallest absolute Gasteiger partial charge is 0.251 e. The van der Waals surface area contributed by atoms with E-state index >= 15 is 0 Å². The van der Waals surface area contributed by atoms with Crippen LogP contribution in [-0.2, 0) is 9.59 Å². The van der Waals surface area contributed by atoms with Crippen molar-refractivity contribution in [2.75, 3.05) is 0 Å². The van der Waals surface area contributed by atoms with Crippen molar-refractivity contribution in [3.63, 3.8) is 0 Å². The maximum absolute atomic E-state index is 11.9. The minimum absolute atomic E-state index is 0.00945. The number of hydrogen-bond donors (Lipinski definition) is 1. The lowest BCUT2D eigenvalue weighted by Gasteiger charge is -2.15. The predicted octanol–water partition coefficient (Wildman–Crippen LogP) is 1.74. The van der Waals surface area contributed by atoms with E-state index in [1.807, 2.05) is 6.07 Å². The molecule has 0 aliphatic rings. The summed E-state index contributed by atoms with van der Waals surface area (Å²) in [6.07, 6.45) is 0.641. The summed E-state index contributed by atoms with van der Waals surface area (Å²) in [5, 5.41) is 2.65. The number of ketones is 2. The van der Waals surface area contributed by atoms with Crippen LogP contribution in [0.15, 0.2) is 30.3 Å². The maximum atomic E-state index is 11.9. The molecule has 0 heterocycles. The molecule has 1 N–H and O–H groups in total. The van der Waals surface area contributed by atoms with Crippen molar-refractivity contribution in [1.82, 2.24) is 5.32 Å². The molecule has 4 nitrogen and oxygen atoms in total. The molecule has 0 unspecified atom stereocenters. The lowest BCUT2D eigenvalue weighted by Crippen LogP contribution is -2.40. The standard InChI is InChI=1S/C14H17NO3/c1-10(16)8-9-13(11(2)17)15-14(18)12-6-4-3-5-7-12/h3-7,13H,8-9H2,1-2H3,(H,15,18)/t13-/m0/s1. The molecule has 0 spiro atoms. The van der Waals surface area contributed by atoms with Gasteiger partial charge in [-0.25, -0.2) is 0 Å². The highest BCUT2D eigenvalue weighted by Crippen LogP contribution is 2.03. The first kappa shape index (κ1) is 14.1. The molecule has 4 heteroatoms. The summed E-state index contributed by atoms with van der Waals surface area (Å²) >= 11 is 0. The zero-order valence-electron chi connectivity index (χ0n) is 10.6. The van der Waals surface area contributed by atoms with Crippen LogP contribution in [0, 0.1) is 0 Å². The van der Waals surface area contributed by atoms with Gasteiger partial charge in [0.05, 0.1) is 6.04 Å². The van der Waals surface area contributed by atoms with Gasteiger partial charge in [-0.3, -0.25) is 9.59 Å². The van der Waals surface area contributed by atoms with E-state index in [9.17, 15) is 14.4 Å². The third-order valence-corrected chi connectivity index (χ3v) is 2.62. The summed E-state index contributed by atoms with van der Waals surface area (Å²) in [6, 6.07) is 8.09. The first-order valence-corrected chi connectivity index (χ1v) is 5.86. The fraction of sp³-hybridized carbons (Fsp3) is 0.357. The van der Waals surface area contributed by atoms with Gasteiger partial charge in [-0.05, 0) is 32.4 Å². The normalized spacial score (nSPS) is 11.7. The summed E-state index contributed by atoms with van der Waals surface area (Å²) in [6.45, 7) is 2.88. The molecule has 0 aliphatic heterocycles. The molecule has 0 saturated heterocycles. The van der Waals surface area contributed by atoms with E-state index in [0.29, 0.717) is 18.4 Å². The molecule has 0 aromatic heterocycles. The van der Waals surface area contributed by atoms with Gasteiger partial charge < -0.3 is 10.1 Å². The highest BCUT2D eigenvalue weighted by atomic mass is 16.2. The van der Waals surface area contributed by atoms with Gasteiger partial charge in [-0.1, -0.05) is 18.2 Å². The van der Waals surface area contributed by atoms with E-state index in [0.717, 1.165) is 0 Å². The van der Waals surface area contributed by atoms with Gasteiger partial charge in [0.25, 0.3) is 5.91 Å². The molecule has 1 rings (SSSR count). The van der Waals surface area contributed by atoms with Crippen LogP contribution in [0.4, 0.5) is 0 Å². The highest BCUT2D eigenvalue weighted by molar-refractivity contribution is 5.97. The second kappa shape index (κ2) is 6.69. The number of nitrogens with one attached hydrogen (secondary N) is 1. The molecule has 0 radical (unpaired) electrons. The Morgan fingerprint density at radius 2 is 1.72 bits per heavy atom. The Morgan fingerprint density at radius 3 is 2.22 bits per heavy atom. The lowest BCUT2D eigenvalue weighted by molar-refractivity contribution is -0.119. The third-order valence-electron chi connectivity index (χ3n) is 2.62. The van der Waals surface area contributed by atoms with Gasteiger partial charge in [0.2, 0.25) is 0 Å². The van der Waals surface area contributed by atoms with Gasteiger partial charge in [-0.2, -0.15) is 0 Å². The van der Waals surface area contributed by atoms with Crippen LogP contribution < -0.4 is 5.32 Å². The highest BCUT2D eigenvalue weighted by Gasteiger charge is 2.18. The van der Waals surface area contributed by atoms with Gasteiger partial charge in [0, 0.05) is 12.0 Å². The van der Waals surface area contributed by atoms with E-state index in [1.165, 1.54) is 13.8 Å². The molecule has 1 aromatic carbocycles. The Bertz CT molecular complexity index is 440. The molecule has 0 saturated carbocycles. The van der Waals surface area contributed by atoms with Crippen LogP contribution in [0.2, 0.25) is 0 Å². The van der Waals surface area contributed by atoms with Crippen LogP contribution >= 0.6 is 0 Å². The van der Waals surface area contributed by atoms with E-state index < -0.39 is 6.04 Å². The van der Waals surface area contributed by atoms with Crippen LogP contribution in [0.5, 0.6) is 0 Å². The fourth-order valence-electron chi connectivity index (χ4n) is 1.56. The van der Waals surface area contributed by atoms with Crippen LogP contribution in [0.3, 0.4) is 0 Å². The van der Waals surface area contributed by atoms with Crippen molar-refractivity contribution in [2.45, 2.75) is 32.7 Å². The molecule has 96 valence electrons. The summed E-state index contributed by atoms with van der Waals surface area (Å²) < 4.78 is 0. The lowest BCUT2D eigenvalue weighted by atomic mass is 10.1. The van der Waals surface area contributed by atoms with Crippen molar-refractivity contribution < 1.29 is 14.4 Å². The molecular formula is C14H17NO3. The Balaban J connectivity index is 2.64. The number of rotatable bonds is 6. The zero-order chi connectivity index (χ0) is 13.5. The molecule has 18 heavy (non-hydrogen) atoms. The largest absolute Gasteiger partial charge is 0.342 e. The first-order valence-electron chi connectivity index (χ1n) is 5.86. The van der Waals surface area contributed by atoms with Crippen molar-refractivity contribution in [2.24, 2.45) is 0 Å². The number of amides is 1. The topological polar surface area (TPSA) is 63.2 Å².